The van der Waals surface area contributed by atoms with E-state index in [1.54, 1.807) is 42.7 Å². The summed E-state index contributed by atoms with van der Waals surface area (Å²) >= 11 is 0. The number of fused-ring (bicyclic) bond motifs is 1. The Morgan fingerprint density at radius 3 is 2.56 bits per heavy atom. The molecule has 9 nitrogen and oxygen atoms in total. The SMILES string of the molecule is CCC(C)(C)NC(=O)CN(Cc1cccnc1)C(=O)C(=O)Nc1ccc2c(c1)OCCO2. The predicted octanol–water partition coefficient (Wildman–Crippen LogP) is 2.12. The molecule has 2 N–H and O–H groups in total. The predicted molar refractivity (Wildman–Crippen MR) is 118 cm³/mol. The molecular formula is C23H28N4O5. The molecule has 0 radical (unpaired) electrons. The third kappa shape index (κ3) is 6.19. The third-order valence-electron chi connectivity index (χ3n) is 5.07. The van der Waals surface area contributed by atoms with Crippen LogP contribution in [0.4, 0.5) is 5.69 Å². The summed E-state index contributed by atoms with van der Waals surface area (Å²) in [5.41, 5.74) is 0.675. The van der Waals surface area contributed by atoms with Gasteiger partial charge in [0.05, 0.1) is 0 Å². The largest absolute Gasteiger partial charge is 0.486 e. The Labute approximate surface area is 187 Å². The lowest BCUT2D eigenvalue weighted by atomic mass is 10.0. The molecule has 170 valence electrons. The van der Waals surface area contributed by atoms with E-state index in [-0.39, 0.29) is 19.0 Å². The maximum absolute atomic E-state index is 13.0. The highest BCUT2D eigenvalue weighted by Crippen LogP contribution is 2.32. The molecular weight excluding hydrogens is 412 g/mol. The lowest BCUT2D eigenvalue weighted by Crippen LogP contribution is -2.50. The average molecular weight is 441 g/mol. The van der Waals surface area contributed by atoms with Crippen LogP contribution in [-0.2, 0) is 20.9 Å². The molecule has 0 saturated carbocycles. The number of benzene rings is 1. The van der Waals surface area contributed by atoms with Gasteiger partial charge in [0.1, 0.15) is 19.8 Å². The first-order valence-electron chi connectivity index (χ1n) is 10.5. The van der Waals surface area contributed by atoms with E-state index in [1.165, 1.54) is 4.90 Å². The van der Waals surface area contributed by atoms with Crippen molar-refractivity contribution in [1.82, 2.24) is 15.2 Å². The average Bonchev–Trinajstić information content (AvgIpc) is 2.78. The van der Waals surface area contributed by atoms with Gasteiger partial charge in [0.15, 0.2) is 11.5 Å². The molecule has 3 rings (SSSR count). The van der Waals surface area contributed by atoms with Crippen LogP contribution in [0.25, 0.3) is 0 Å². The lowest BCUT2D eigenvalue weighted by Gasteiger charge is -2.27. The molecule has 3 amide bonds. The van der Waals surface area contributed by atoms with E-state index in [2.05, 4.69) is 15.6 Å². The van der Waals surface area contributed by atoms with E-state index in [0.29, 0.717) is 36.0 Å². The highest BCUT2D eigenvalue weighted by molar-refractivity contribution is 6.39. The first-order chi connectivity index (χ1) is 15.3. The number of aromatic nitrogens is 1. The van der Waals surface area contributed by atoms with Crippen molar-refractivity contribution in [2.24, 2.45) is 0 Å². The number of ether oxygens (including phenoxy) is 2. The van der Waals surface area contributed by atoms with Crippen LogP contribution in [0.1, 0.15) is 32.8 Å². The fraction of sp³-hybridized carbons (Fsp3) is 0.391. The summed E-state index contributed by atoms with van der Waals surface area (Å²) in [6.45, 7) is 6.43. The number of anilines is 1. The molecule has 1 aliphatic heterocycles. The molecule has 0 unspecified atom stereocenters. The van der Waals surface area contributed by atoms with Crippen LogP contribution >= 0.6 is 0 Å². The zero-order valence-corrected chi connectivity index (χ0v) is 18.5. The van der Waals surface area contributed by atoms with Gasteiger partial charge in [-0.25, -0.2) is 0 Å². The quantitative estimate of drug-likeness (QED) is 0.639. The van der Waals surface area contributed by atoms with Crippen LogP contribution in [0.2, 0.25) is 0 Å². The molecule has 32 heavy (non-hydrogen) atoms. The molecule has 2 heterocycles. The Kier molecular flexibility index (Phi) is 7.29. The van der Waals surface area contributed by atoms with Gasteiger partial charge in [0.25, 0.3) is 0 Å². The summed E-state index contributed by atoms with van der Waals surface area (Å²) in [7, 11) is 0. The summed E-state index contributed by atoms with van der Waals surface area (Å²) in [5, 5.41) is 5.47. The number of hydrogen-bond acceptors (Lipinski definition) is 6. The van der Waals surface area contributed by atoms with Crippen LogP contribution in [0.3, 0.4) is 0 Å². The Morgan fingerprint density at radius 1 is 1.12 bits per heavy atom. The molecule has 0 aliphatic carbocycles. The smallest absolute Gasteiger partial charge is 0.313 e. The number of carbonyl (C=O) groups excluding carboxylic acids is 3. The standard InChI is InChI=1S/C23H28N4O5/c1-4-23(2,3)26-20(28)15-27(14-16-6-5-9-24-13-16)22(30)21(29)25-17-7-8-18-19(12-17)32-11-10-31-18/h5-9,12-13H,4,10-11,14-15H2,1-3H3,(H,25,29)(H,26,28). The van der Waals surface area contributed by atoms with Crippen LogP contribution in [0, 0.1) is 0 Å². The van der Waals surface area contributed by atoms with Crippen LogP contribution in [0.15, 0.2) is 42.7 Å². The number of rotatable bonds is 7. The normalized spacial score (nSPS) is 12.6. The van der Waals surface area contributed by atoms with Crippen molar-refractivity contribution in [3.63, 3.8) is 0 Å². The minimum absolute atomic E-state index is 0.0706. The third-order valence-corrected chi connectivity index (χ3v) is 5.07. The summed E-state index contributed by atoms with van der Waals surface area (Å²) in [6, 6.07) is 8.40. The fourth-order valence-corrected chi connectivity index (χ4v) is 3.04. The zero-order valence-electron chi connectivity index (χ0n) is 18.5. The Balaban J connectivity index is 1.73. The van der Waals surface area contributed by atoms with E-state index in [4.69, 9.17) is 9.47 Å². The first kappa shape index (κ1) is 23.1. The molecule has 0 atom stereocenters. The van der Waals surface area contributed by atoms with E-state index in [1.807, 2.05) is 20.8 Å². The minimum atomic E-state index is -0.854. The van der Waals surface area contributed by atoms with E-state index < -0.39 is 17.4 Å². The monoisotopic (exact) mass is 440 g/mol. The van der Waals surface area contributed by atoms with Crippen molar-refractivity contribution in [3.05, 3.63) is 48.3 Å². The summed E-state index contributed by atoms with van der Waals surface area (Å²) < 4.78 is 11.0. The van der Waals surface area contributed by atoms with Gasteiger partial charge in [0, 0.05) is 36.2 Å². The summed E-state index contributed by atoms with van der Waals surface area (Å²) in [6.07, 6.45) is 3.92. The second kappa shape index (κ2) is 10.1. The molecule has 0 bridgehead atoms. The second-order valence-corrected chi connectivity index (χ2v) is 8.12. The molecule has 0 fully saturated rings. The van der Waals surface area contributed by atoms with Gasteiger partial charge in [-0.3, -0.25) is 19.4 Å². The van der Waals surface area contributed by atoms with Crippen LogP contribution in [-0.4, -0.2) is 52.9 Å². The van der Waals surface area contributed by atoms with Crippen molar-refractivity contribution < 1.29 is 23.9 Å². The summed E-state index contributed by atoms with van der Waals surface area (Å²) in [5.74, 6) is -0.952. The van der Waals surface area contributed by atoms with Crippen LogP contribution in [0.5, 0.6) is 11.5 Å². The van der Waals surface area contributed by atoms with Gasteiger partial charge >= 0.3 is 11.8 Å². The maximum Gasteiger partial charge on any atom is 0.313 e. The van der Waals surface area contributed by atoms with Crippen molar-refractivity contribution in [2.75, 3.05) is 25.1 Å². The Hall–Kier alpha value is -3.62. The number of nitrogens with one attached hydrogen (secondary N) is 2. The molecule has 0 saturated heterocycles. The van der Waals surface area contributed by atoms with E-state index in [0.717, 1.165) is 6.42 Å². The van der Waals surface area contributed by atoms with Gasteiger partial charge < -0.3 is 25.0 Å². The van der Waals surface area contributed by atoms with Gasteiger partial charge in [0.2, 0.25) is 5.91 Å². The molecule has 2 aromatic rings. The highest BCUT2D eigenvalue weighted by atomic mass is 16.6. The Morgan fingerprint density at radius 2 is 1.88 bits per heavy atom. The number of carbonyl (C=O) groups is 3. The number of amides is 3. The van der Waals surface area contributed by atoms with Crippen molar-refractivity contribution in [1.29, 1.82) is 0 Å². The lowest BCUT2D eigenvalue weighted by molar-refractivity contribution is -0.145. The van der Waals surface area contributed by atoms with E-state index >= 15 is 0 Å². The van der Waals surface area contributed by atoms with E-state index in [9.17, 15) is 14.4 Å². The van der Waals surface area contributed by atoms with Gasteiger partial charge in [-0.15, -0.1) is 0 Å². The molecule has 1 aromatic heterocycles. The van der Waals surface area contributed by atoms with Crippen LogP contribution < -0.4 is 20.1 Å². The zero-order chi connectivity index (χ0) is 23.1. The number of hydrogen-bond donors (Lipinski definition) is 2. The summed E-state index contributed by atoms with van der Waals surface area (Å²) in [4.78, 5) is 43.5. The van der Waals surface area contributed by atoms with Gasteiger partial charge in [-0.1, -0.05) is 13.0 Å². The molecule has 1 aromatic carbocycles. The topological polar surface area (TPSA) is 110 Å². The Bertz CT molecular complexity index is 978. The molecule has 1 aliphatic rings. The van der Waals surface area contributed by atoms with Gasteiger partial charge in [-0.05, 0) is 44.0 Å². The molecule has 0 spiro atoms. The minimum Gasteiger partial charge on any atom is -0.486 e. The highest BCUT2D eigenvalue weighted by Gasteiger charge is 2.27. The van der Waals surface area contributed by atoms with Gasteiger partial charge in [-0.2, -0.15) is 0 Å². The van der Waals surface area contributed by atoms with Crippen molar-refractivity contribution in [3.8, 4) is 11.5 Å². The number of pyridine rings is 1. The fourth-order valence-electron chi connectivity index (χ4n) is 3.04. The number of nitrogens with zero attached hydrogens (tertiary/aromatic N) is 2. The maximum atomic E-state index is 13.0. The first-order valence-corrected chi connectivity index (χ1v) is 10.5. The molecule has 9 heteroatoms. The second-order valence-electron chi connectivity index (χ2n) is 8.12. The van der Waals surface area contributed by atoms with Crippen molar-refractivity contribution in [2.45, 2.75) is 39.3 Å². The van der Waals surface area contributed by atoms with Crippen molar-refractivity contribution >= 4 is 23.4 Å².